The number of aromatic nitrogens is 2. The molecule has 27 heavy (non-hydrogen) atoms. The summed E-state index contributed by atoms with van der Waals surface area (Å²) in [5.41, 5.74) is 0.333. The van der Waals surface area contributed by atoms with Crippen molar-refractivity contribution in [2.24, 2.45) is 0 Å². The third-order valence-corrected chi connectivity index (χ3v) is 4.80. The Labute approximate surface area is 161 Å². The summed E-state index contributed by atoms with van der Waals surface area (Å²) in [4.78, 5) is 34.2. The van der Waals surface area contributed by atoms with Crippen LogP contribution in [0.4, 0.5) is 5.13 Å². The van der Waals surface area contributed by atoms with Gasteiger partial charge in [-0.1, -0.05) is 36.4 Å². The minimum absolute atomic E-state index is 0.262. The summed E-state index contributed by atoms with van der Waals surface area (Å²) in [6.45, 7) is 3.28. The Morgan fingerprint density at radius 1 is 1.04 bits per heavy atom. The lowest BCUT2D eigenvalue weighted by Crippen LogP contribution is -2.52. The normalized spacial score (nSPS) is 11.0. The molecule has 0 spiro atoms. The van der Waals surface area contributed by atoms with Crippen molar-refractivity contribution in [3.63, 3.8) is 0 Å². The van der Waals surface area contributed by atoms with Gasteiger partial charge in [0.25, 0.3) is 11.8 Å². The van der Waals surface area contributed by atoms with E-state index < -0.39 is 11.4 Å². The van der Waals surface area contributed by atoms with E-state index in [1.54, 1.807) is 38.2 Å². The molecule has 0 aliphatic rings. The molecule has 0 radical (unpaired) electrons. The first-order valence-electron chi connectivity index (χ1n) is 8.48. The first-order valence-corrected chi connectivity index (χ1v) is 9.29. The van der Waals surface area contributed by atoms with E-state index in [2.05, 4.69) is 20.6 Å². The number of amides is 2. The Morgan fingerprint density at radius 2 is 1.78 bits per heavy atom. The van der Waals surface area contributed by atoms with E-state index in [0.29, 0.717) is 5.13 Å². The highest BCUT2D eigenvalue weighted by atomic mass is 32.1. The smallest absolute Gasteiger partial charge is 0.270 e. The van der Waals surface area contributed by atoms with Gasteiger partial charge in [0, 0.05) is 23.7 Å². The lowest BCUT2D eigenvalue weighted by molar-refractivity contribution is -0.120. The van der Waals surface area contributed by atoms with E-state index in [4.69, 9.17) is 0 Å². The number of benzene rings is 1. The zero-order valence-corrected chi connectivity index (χ0v) is 15.9. The monoisotopic (exact) mass is 380 g/mol. The van der Waals surface area contributed by atoms with Gasteiger partial charge in [-0.05, 0) is 31.5 Å². The molecule has 1 aromatic carbocycles. The fraction of sp³-hybridized carbons (Fsp3) is 0.200. The van der Waals surface area contributed by atoms with Gasteiger partial charge in [-0.2, -0.15) is 0 Å². The number of hydrogen-bond donors (Lipinski definition) is 2. The molecule has 2 heterocycles. The lowest BCUT2D eigenvalue weighted by Gasteiger charge is -2.24. The van der Waals surface area contributed by atoms with E-state index in [1.807, 2.05) is 30.3 Å². The summed E-state index contributed by atoms with van der Waals surface area (Å²) >= 11 is 1.42. The highest BCUT2D eigenvalue weighted by Gasteiger charge is 2.30. The molecule has 3 aromatic rings. The third-order valence-electron chi connectivity index (χ3n) is 3.89. The van der Waals surface area contributed by atoms with Crippen molar-refractivity contribution in [1.29, 1.82) is 0 Å². The average Bonchev–Trinajstić information content (AvgIpc) is 3.09. The van der Waals surface area contributed by atoms with Crippen LogP contribution in [0.5, 0.6) is 0 Å². The van der Waals surface area contributed by atoms with E-state index in [-0.39, 0.29) is 11.6 Å². The number of nitrogens with zero attached hydrogens (tertiary/aromatic N) is 2. The molecule has 0 fully saturated rings. The molecule has 0 bridgehead atoms. The van der Waals surface area contributed by atoms with Gasteiger partial charge in [-0.3, -0.25) is 19.9 Å². The predicted octanol–water partition coefficient (Wildman–Crippen LogP) is 3.28. The Bertz CT molecular complexity index is 923. The van der Waals surface area contributed by atoms with Crippen molar-refractivity contribution >= 4 is 28.3 Å². The Morgan fingerprint density at radius 3 is 2.48 bits per heavy atom. The van der Waals surface area contributed by atoms with Gasteiger partial charge in [0.1, 0.15) is 11.2 Å². The van der Waals surface area contributed by atoms with E-state index in [0.717, 1.165) is 11.3 Å². The van der Waals surface area contributed by atoms with Crippen LogP contribution in [-0.4, -0.2) is 27.3 Å². The second-order valence-electron chi connectivity index (χ2n) is 6.54. The van der Waals surface area contributed by atoms with Crippen LogP contribution >= 0.6 is 11.3 Å². The lowest BCUT2D eigenvalue weighted by atomic mass is 10.0. The van der Waals surface area contributed by atoms with Gasteiger partial charge < -0.3 is 5.32 Å². The largest absolute Gasteiger partial charge is 0.337 e. The first kappa shape index (κ1) is 18.7. The fourth-order valence-electron chi connectivity index (χ4n) is 2.40. The number of carbonyl (C=O) groups is 2. The van der Waals surface area contributed by atoms with E-state index in [9.17, 15) is 9.59 Å². The average molecular weight is 380 g/mol. The van der Waals surface area contributed by atoms with Gasteiger partial charge in [-0.15, -0.1) is 11.3 Å². The number of pyridine rings is 1. The summed E-state index contributed by atoms with van der Waals surface area (Å²) in [5, 5.41) is 5.99. The topological polar surface area (TPSA) is 84.0 Å². The summed E-state index contributed by atoms with van der Waals surface area (Å²) < 4.78 is 0. The van der Waals surface area contributed by atoms with Gasteiger partial charge in [0.2, 0.25) is 0 Å². The number of hydrogen-bond acceptors (Lipinski definition) is 5. The zero-order chi connectivity index (χ0) is 19.3. The van der Waals surface area contributed by atoms with Crippen molar-refractivity contribution in [3.8, 4) is 0 Å². The molecule has 2 N–H and O–H groups in total. The highest BCUT2D eigenvalue weighted by molar-refractivity contribution is 7.15. The van der Waals surface area contributed by atoms with Gasteiger partial charge >= 0.3 is 0 Å². The Balaban J connectivity index is 1.61. The summed E-state index contributed by atoms with van der Waals surface area (Å²) in [6.07, 6.45) is 4.05. The molecule has 0 saturated heterocycles. The quantitative estimate of drug-likeness (QED) is 0.687. The van der Waals surface area contributed by atoms with E-state index in [1.165, 1.54) is 23.1 Å². The second kappa shape index (κ2) is 8.09. The number of nitrogens with one attached hydrogen (secondary N) is 2. The molecular weight excluding hydrogens is 360 g/mol. The minimum Gasteiger partial charge on any atom is -0.337 e. The number of anilines is 1. The molecule has 2 aromatic heterocycles. The zero-order valence-electron chi connectivity index (χ0n) is 15.1. The van der Waals surface area contributed by atoms with Gasteiger partial charge in [0.15, 0.2) is 5.13 Å². The molecule has 2 amide bonds. The molecule has 6 nitrogen and oxygen atoms in total. The van der Waals surface area contributed by atoms with Crippen LogP contribution in [0.3, 0.4) is 0 Å². The van der Waals surface area contributed by atoms with E-state index >= 15 is 0 Å². The standard InChI is InChI=1S/C20H20N4O2S/c1-20(2,24-17(25)16-10-6-7-11-21-16)18(26)23-19-22-13-15(27-19)12-14-8-4-3-5-9-14/h3-11,13H,12H2,1-2H3,(H,24,25)(H,22,23,26). The Hall–Kier alpha value is -3.06. The Kier molecular flexibility index (Phi) is 5.61. The maximum absolute atomic E-state index is 12.6. The third kappa shape index (κ3) is 4.98. The molecule has 0 aliphatic heterocycles. The second-order valence-corrected chi connectivity index (χ2v) is 7.66. The number of thiazole rings is 1. The molecule has 3 rings (SSSR count). The van der Waals surface area contributed by atoms with Crippen molar-refractivity contribution < 1.29 is 9.59 Å². The van der Waals surface area contributed by atoms with Crippen LogP contribution in [0.2, 0.25) is 0 Å². The first-order chi connectivity index (χ1) is 12.9. The number of rotatable bonds is 6. The summed E-state index contributed by atoms with van der Waals surface area (Å²) in [5.74, 6) is -0.743. The molecule has 0 unspecified atom stereocenters. The van der Waals surface area contributed by atoms with Crippen LogP contribution in [0.15, 0.2) is 60.9 Å². The molecule has 7 heteroatoms. The van der Waals surface area contributed by atoms with Crippen molar-refractivity contribution in [2.45, 2.75) is 25.8 Å². The molecule has 0 saturated carbocycles. The van der Waals surface area contributed by atoms with Gasteiger partial charge in [0.05, 0.1) is 0 Å². The molecule has 0 atom stereocenters. The van der Waals surface area contributed by atoms with Crippen molar-refractivity contribution in [1.82, 2.24) is 15.3 Å². The maximum Gasteiger partial charge on any atom is 0.270 e. The minimum atomic E-state index is -1.11. The SMILES string of the molecule is CC(C)(NC(=O)c1ccccn1)C(=O)Nc1ncc(Cc2ccccc2)s1. The maximum atomic E-state index is 12.6. The highest BCUT2D eigenvalue weighted by Crippen LogP contribution is 2.22. The molecule has 138 valence electrons. The number of carbonyl (C=O) groups excluding carboxylic acids is 2. The van der Waals surface area contributed by atoms with Gasteiger partial charge in [-0.25, -0.2) is 4.98 Å². The molecule has 0 aliphatic carbocycles. The van der Waals surface area contributed by atoms with Crippen LogP contribution in [-0.2, 0) is 11.2 Å². The van der Waals surface area contributed by atoms with Crippen molar-refractivity contribution in [3.05, 3.63) is 77.1 Å². The van der Waals surface area contributed by atoms with Crippen LogP contribution in [0, 0.1) is 0 Å². The molecular formula is C20H20N4O2S. The fourth-order valence-corrected chi connectivity index (χ4v) is 3.24. The van der Waals surface area contributed by atoms with Crippen LogP contribution in [0.25, 0.3) is 0 Å². The summed E-state index contributed by atoms with van der Waals surface area (Å²) in [6, 6.07) is 15.1. The predicted molar refractivity (Wildman–Crippen MR) is 106 cm³/mol. The van der Waals surface area contributed by atoms with Crippen LogP contribution in [0.1, 0.15) is 34.8 Å². The van der Waals surface area contributed by atoms with Crippen LogP contribution < -0.4 is 10.6 Å². The van der Waals surface area contributed by atoms with Crippen molar-refractivity contribution in [2.75, 3.05) is 5.32 Å². The summed E-state index contributed by atoms with van der Waals surface area (Å²) in [7, 11) is 0.